The predicted octanol–water partition coefficient (Wildman–Crippen LogP) is 6.09. The molecule has 1 atom stereocenters. The van der Waals surface area contributed by atoms with Crippen molar-refractivity contribution in [1.82, 2.24) is 0 Å². The molecule has 0 aromatic heterocycles. The second-order valence-electron chi connectivity index (χ2n) is 6.15. The Kier molecular flexibility index (Phi) is 8.44. The van der Waals surface area contributed by atoms with Crippen molar-refractivity contribution in [2.24, 2.45) is 10.2 Å². The fraction of sp³-hybridized carbons (Fsp3) is 0.400. The normalized spacial score (nSPS) is 12.4. The molecule has 0 bridgehead atoms. The fourth-order valence-corrected chi connectivity index (χ4v) is 2.91. The van der Waals surface area contributed by atoms with Crippen LogP contribution in [0.2, 0.25) is 0 Å². The zero-order valence-electron chi connectivity index (χ0n) is 15.5. The van der Waals surface area contributed by atoms with Crippen molar-refractivity contribution in [3.8, 4) is 0 Å². The van der Waals surface area contributed by atoms with Crippen molar-refractivity contribution < 1.29 is 8.76 Å². The van der Waals surface area contributed by atoms with Crippen molar-refractivity contribution in [1.29, 1.82) is 0 Å². The first kappa shape index (κ1) is 20.3. The number of hydrogen-bond acceptors (Lipinski definition) is 4. The molecule has 0 amide bonds. The molecule has 0 spiro atoms. The van der Waals surface area contributed by atoms with E-state index in [0.717, 1.165) is 18.8 Å². The maximum Gasteiger partial charge on any atom is 0.186 e. The number of azo groups is 1. The van der Waals surface area contributed by atoms with Gasteiger partial charge in [0.1, 0.15) is 0 Å². The van der Waals surface area contributed by atoms with E-state index < -0.39 is 11.1 Å². The standard InChI is InChI=1S/C20H27N3O2S/c1-3-5-15-23(16-6-4-2)19-11-7-17(8-12-19)21-22-18-9-13-20(14-10-18)26(24)25/h7-14H,3-6,15-16H2,1-2H3,(H,24,25). The average molecular weight is 374 g/mol. The second kappa shape index (κ2) is 10.8. The molecule has 0 heterocycles. The Hall–Kier alpha value is -2.05. The third-order valence-corrected chi connectivity index (χ3v) is 4.77. The minimum absolute atomic E-state index is 0.354. The van der Waals surface area contributed by atoms with E-state index in [0.29, 0.717) is 10.6 Å². The molecular formula is C20H27N3O2S. The summed E-state index contributed by atoms with van der Waals surface area (Å²) < 4.78 is 20.0. The van der Waals surface area contributed by atoms with Crippen LogP contribution >= 0.6 is 0 Å². The summed E-state index contributed by atoms with van der Waals surface area (Å²) in [5.74, 6) is 0. The SMILES string of the molecule is CCCCN(CCCC)c1ccc(N=Nc2ccc(S(=O)O)cc2)cc1. The van der Waals surface area contributed by atoms with E-state index in [4.69, 9.17) is 4.55 Å². The van der Waals surface area contributed by atoms with Crippen LogP contribution < -0.4 is 4.90 Å². The molecule has 0 saturated heterocycles. The number of anilines is 1. The topological polar surface area (TPSA) is 65.3 Å². The van der Waals surface area contributed by atoms with Gasteiger partial charge in [-0.2, -0.15) is 10.2 Å². The van der Waals surface area contributed by atoms with Gasteiger partial charge in [-0.3, -0.25) is 0 Å². The highest BCUT2D eigenvalue weighted by Crippen LogP contribution is 2.23. The van der Waals surface area contributed by atoms with Gasteiger partial charge in [-0.15, -0.1) is 0 Å². The molecular weight excluding hydrogens is 346 g/mol. The van der Waals surface area contributed by atoms with Gasteiger partial charge >= 0.3 is 0 Å². The lowest BCUT2D eigenvalue weighted by molar-refractivity contribution is 0.564. The minimum atomic E-state index is -1.97. The number of nitrogens with zero attached hydrogens (tertiary/aromatic N) is 3. The van der Waals surface area contributed by atoms with Crippen molar-refractivity contribution >= 4 is 28.1 Å². The maximum atomic E-state index is 11.0. The fourth-order valence-electron chi connectivity index (χ4n) is 2.54. The molecule has 1 N–H and O–H groups in total. The van der Waals surface area contributed by atoms with Crippen molar-refractivity contribution in [3.63, 3.8) is 0 Å². The molecule has 2 aromatic carbocycles. The van der Waals surface area contributed by atoms with Gasteiger partial charge in [0, 0.05) is 18.8 Å². The summed E-state index contributed by atoms with van der Waals surface area (Å²) in [5.41, 5.74) is 2.66. The molecule has 6 heteroatoms. The highest BCUT2D eigenvalue weighted by atomic mass is 32.2. The van der Waals surface area contributed by atoms with E-state index in [9.17, 15) is 4.21 Å². The third kappa shape index (κ3) is 6.35. The largest absolute Gasteiger partial charge is 0.372 e. The maximum absolute atomic E-state index is 11.0. The summed E-state index contributed by atoms with van der Waals surface area (Å²) in [6.07, 6.45) is 4.77. The van der Waals surface area contributed by atoms with Crippen LogP contribution in [0.5, 0.6) is 0 Å². The Morgan fingerprint density at radius 1 is 0.846 bits per heavy atom. The molecule has 0 saturated carbocycles. The summed E-state index contributed by atoms with van der Waals surface area (Å²) in [7, 11) is 0. The average Bonchev–Trinajstić information content (AvgIpc) is 2.67. The lowest BCUT2D eigenvalue weighted by Gasteiger charge is -2.24. The highest BCUT2D eigenvalue weighted by molar-refractivity contribution is 7.79. The van der Waals surface area contributed by atoms with Gasteiger partial charge in [-0.25, -0.2) is 4.21 Å². The molecule has 140 valence electrons. The first-order valence-electron chi connectivity index (χ1n) is 9.11. The summed E-state index contributed by atoms with van der Waals surface area (Å²) in [6.45, 7) is 6.59. The van der Waals surface area contributed by atoms with Gasteiger partial charge < -0.3 is 9.45 Å². The Morgan fingerprint density at radius 3 is 1.73 bits per heavy atom. The number of benzene rings is 2. The molecule has 1 unspecified atom stereocenters. The van der Waals surface area contributed by atoms with Gasteiger partial charge in [0.05, 0.1) is 16.3 Å². The Labute approximate surface area is 158 Å². The van der Waals surface area contributed by atoms with E-state index >= 15 is 0 Å². The van der Waals surface area contributed by atoms with Crippen LogP contribution in [0.25, 0.3) is 0 Å². The van der Waals surface area contributed by atoms with Gasteiger partial charge in [0.2, 0.25) is 0 Å². The van der Waals surface area contributed by atoms with Crippen LogP contribution in [0.15, 0.2) is 63.7 Å². The molecule has 2 rings (SSSR count). The molecule has 0 aliphatic rings. The quantitative estimate of drug-likeness (QED) is 0.405. The van der Waals surface area contributed by atoms with Gasteiger partial charge in [0.25, 0.3) is 0 Å². The Morgan fingerprint density at radius 2 is 1.31 bits per heavy atom. The van der Waals surface area contributed by atoms with Crippen molar-refractivity contribution in [2.75, 3.05) is 18.0 Å². The van der Waals surface area contributed by atoms with Crippen LogP contribution in [0.3, 0.4) is 0 Å². The second-order valence-corrected chi connectivity index (χ2v) is 7.12. The lowest BCUT2D eigenvalue weighted by Crippen LogP contribution is -2.25. The van der Waals surface area contributed by atoms with Crippen LogP contribution in [0, 0.1) is 0 Å². The van der Waals surface area contributed by atoms with Crippen molar-refractivity contribution in [2.45, 2.75) is 44.4 Å². The van der Waals surface area contributed by atoms with Crippen molar-refractivity contribution in [3.05, 3.63) is 48.5 Å². The first-order chi connectivity index (χ1) is 12.6. The van der Waals surface area contributed by atoms with E-state index in [2.05, 4.69) is 41.1 Å². The molecule has 0 aliphatic heterocycles. The van der Waals surface area contributed by atoms with Gasteiger partial charge in [0.15, 0.2) is 11.1 Å². The van der Waals surface area contributed by atoms with E-state index in [-0.39, 0.29) is 0 Å². The Balaban J connectivity index is 2.03. The number of rotatable bonds is 10. The highest BCUT2D eigenvalue weighted by Gasteiger charge is 2.05. The molecule has 5 nitrogen and oxygen atoms in total. The zero-order valence-corrected chi connectivity index (χ0v) is 16.3. The Bertz CT molecular complexity index is 707. The van der Waals surface area contributed by atoms with E-state index in [1.165, 1.54) is 31.4 Å². The van der Waals surface area contributed by atoms with Crippen LogP contribution in [-0.2, 0) is 11.1 Å². The van der Waals surface area contributed by atoms with E-state index in [1.54, 1.807) is 24.3 Å². The zero-order chi connectivity index (χ0) is 18.8. The summed E-state index contributed by atoms with van der Waals surface area (Å²) in [4.78, 5) is 2.79. The summed E-state index contributed by atoms with van der Waals surface area (Å²) in [5, 5.41) is 8.43. The summed E-state index contributed by atoms with van der Waals surface area (Å²) >= 11 is -1.97. The van der Waals surface area contributed by atoms with Crippen LogP contribution in [-0.4, -0.2) is 21.9 Å². The monoisotopic (exact) mass is 373 g/mol. The number of unbranched alkanes of at least 4 members (excludes halogenated alkanes) is 2. The lowest BCUT2D eigenvalue weighted by atomic mass is 10.2. The third-order valence-electron chi connectivity index (χ3n) is 4.10. The molecule has 0 aliphatic carbocycles. The molecule has 0 fully saturated rings. The smallest absolute Gasteiger partial charge is 0.186 e. The van der Waals surface area contributed by atoms with Gasteiger partial charge in [-0.1, -0.05) is 26.7 Å². The van der Waals surface area contributed by atoms with Gasteiger partial charge in [-0.05, 0) is 61.4 Å². The van der Waals surface area contributed by atoms with E-state index in [1.807, 2.05) is 12.1 Å². The summed E-state index contributed by atoms with van der Waals surface area (Å²) in [6, 6.07) is 14.6. The predicted molar refractivity (Wildman–Crippen MR) is 108 cm³/mol. The van der Waals surface area contributed by atoms with Crippen LogP contribution in [0.4, 0.5) is 17.1 Å². The minimum Gasteiger partial charge on any atom is -0.372 e. The molecule has 2 aromatic rings. The first-order valence-corrected chi connectivity index (χ1v) is 10.2. The molecule has 0 radical (unpaired) electrons. The molecule has 26 heavy (non-hydrogen) atoms. The van der Waals surface area contributed by atoms with Crippen LogP contribution in [0.1, 0.15) is 39.5 Å². The number of hydrogen-bond donors (Lipinski definition) is 1.